The fourth-order valence-corrected chi connectivity index (χ4v) is 1.87. The first-order valence-corrected chi connectivity index (χ1v) is 7.42. The molecular weight excluding hydrogens is 298 g/mol. The van der Waals surface area contributed by atoms with Gasteiger partial charge < -0.3 is 21.1 Å². The van der Waals surface area contributed by atoms with E-state index in [0.717, 1.165) is 5.56 Å². The average molecular weight is 321 g/mol. The van der Waals surface area contributed by atoms with E-state index in [9.17, 15) is 14.4 Å². The van der Waals surface area contributed by atoms with E-state index >= 15 is 0 Å². The van der Waals surface area contributed by atoms with Crippen LogP contribution in [0.5, 0.6) is 0 Å². The third kappa shape index (κ3) is 6.37. The number of aliphatic carboxylic acids is 1. The maximum Gasteiger partial charge on any atom is 0.325 e. The highest BCUT2D eigenvalue weighted by Crippen LogP contribution is 2.03. The number of hydrogen-bond donors (Lipinski definition) is 4. The van der Waals surface area contributed by atoms with Gasteiger partial charge in [-0.15, -0.1) is 0 Å². The first kappa shape index (κ1) is 18.5. The summed E-state index contributed by atoms with van der Waals surface area (Å²) in [5, 5.41) is 16.4. The second-order valence-electron chi connectivity index (χ2n) is 5.60. The standard InChI is InChI=1S/C16H23N3O4/c1-10(2)13(14(20)18-11(3)15(21)22)19-16(23)17-9-12-7-5-4-6-8-12/h4-8,10-11,13H,9H2,1-3H3,(H,18,20)(H,21,22)(H2,17,19,23)/t11-,13?/m0/s1. The molecule has 0 aliphatic heterocycles. The molecule has 0 radical (unpaired) electrons. The molecule has 0 aliphatic rings. The van der Waals surface area contributed by atoms with E-state index in [-0.39, 0.29) is 5.92 Å². The molecule has 4 N–H and O–H groups in total. The van der Waals surface area contributed by atoms with Crippen molar-refractivity contribution in [2.24, 2.45) is 5.92 Å². The molecule has 1 aromatic rings. The number of carbonyl (C=O) groups excluding carboxylic acids is 2. The van der Waals surface area contributed by atoms with Gasteiger partial charge in [0.25, 0.3) is 0 Å². The smallest absolute Gasteiger partial charge is 0.325 e. The zero-order valence-electron chi connectivity index (χ0n) is 13.5. The number of carboxylic acids is 1. The Morgan fingerprint density at radius 2 is 1.65 bits per heavy atom. The van der Waals surface area contributed by atoms with Gasteiger partial charge in [0.2, 0.25) is 5.91 Å². The highest BCUT2D eigenvalue weighted by atomic mass is 16.4. The number of urea groups is 1. The van der Waals surface area contributed by atoms with E-state index in [1.54, 1.807) is 13.8 Å². The summed E-state index contributed by atoms with van der Waals surface area (Å²) < 4.78 is 0. The van der Waals surface area contributed by atoms with Crippen molar-refractivity contribution in [1.82, 2.24) is 16.0 Å². The third-order valence-corrected chi connectivity index (χ3v) is 3.26. The Morgan fingerprint density at radius 1 is 1.04 bits per heavy atom. The van der Waals surface area contributed by atoms with Crippen LogP contribution in [0.15, 0.2) is 30.3 Å². The molecule has 0 bridgehead atoms. The molecule has 23 heavy (non-hydrogen) atoms. The maximum absolute atomic E-state index is 12.1. The number of carbonyl (C=O) groups is 3. The van der Waals surface area contributed by atoms with Crippen LogP contribution < -0.4 is 16.0 Å². The number of amides is 3. The molecule has 126 valence electrons. The Labute approximate surface area is 135 Å². The van der Waals surface area contributed by atoms with Crippen molar-refractivity contribution in [3.8, 4) is 0 Å². The van der Waals surface area contributed by atoms with E-state index in [2.05, 4.69) is 16.0 Å². The summed E-state index contributed by atoms with van der Waals surface area (Å²) in [6, 6.07) is 7.06. The summed E-state index contributed by atoms with van der Waals surface area (Å²) >= 11 is 0. The van der Waals surface area contributed by atoms with E-state index in [1.165, 1.54) is 6.92 Å². The van der Waals surface area contributed by atoms with Crippen molar-refractivity contribution in [3.05, 3.63) is 35.9 Å². The van der Waals surface area contributed by atoms with Gasteiger partial charge in [-0.1, -0.05) is 44.2 Å². The topological polar surface area (TPSA) is 108 Å². The van der Waals surface area contributed by atoms with Crippen LogP contribution in [-0.4, -0.2) is 35.1 Å². The number of benzene rings is 1. The SMILES string of the molecule is CC(C)C(NC(=O)NCc1ccccc1)C(=O)N[C@@H](C)C(=O)O. The van der Waals surface area contributed by atoms with E-state index in [1.807, 2.05) is 30.3 Å². The lowest BCUT2D eigenvalue weighted by atomic mass is 10.0. The molecule has 0 spiro atoms. The van der Waals surface area contributed by atoms with Crippen LogP contribution in [0.4, 0.5) is 4.79 Å². The van der Waals surface area contributed by atoms with Gasteiger partial charge in [0.05, 0.1) is 0 Å². The largest absolute Gasteiger partial charge is 0.480 e. The van der Waals surface area contributed by atoms with Crippen molar-refractivity contribution < 1.29 is 19.5 Å². The van der Waals surface area contributed by atoms with Gasteiger partial charge in [0.15, 0.2) is 0 Å². The number of carboxylic acid groups (broad SMARTS) is 1. The zero-order valence-corrected chi connectivity index (χ0v) is 13.5. The van der Waals surface area contributed by atoms with Crippen LogP contribution in [-0.2, 0) is 16.1 Å². The minimum atomic E-state index is -1.13. The van der Waals surface area contributed by atoms with Gasteiger partial charge in [-0.25, -0.2) is 4.79 Å². The van der Waals surface area contributed by atoms with Gasteiger partial charge in [0.1, 0.15) is 12.1 Å². The maximum atomic E-state index is 12.1. The van der Waals surface area contributed by atoms with E-state index < -0.39 is 30.0 Å². The number of hydrogen-bond acceptors (Lipinski definition) is 3. The molecule has 0 saturated carbocycles. The highest BCUT2D eigenvalue weighted by molar-refractivity contribution is 5.90. The van der Waals surface area contributed by atoms with Crippen molar-refractivity contribution in [2.75, 3.05) is 0 Å². The molecule has 3 amide bonds. The van der Waals surface area contributed by atoms with Crippen LogP contribution >= 0.6 is 0 Å². The number of rotatable bonds is 7. The second-order valence-corrected chi connectivity index (χ2v) is 5.60. The first-order chi connectivity index (χ1) is 10.8. The second kappa shape index (κ2) is 8.77. The van der Waals surface area contributed by atoms with Crippen molar-refractivity contribution in [1.29, 1.82) is 0 Å². The van der Waals surface area contributed by atoms with E-state index in [4.69, 9.17) is 5.11 Å². The average Bonchev–Trinajstić information content (AvgIpc) is 2.51. The van der Waals surface area contributed by atoms with Crippen LogP contribution in [0.1, 0.15) is 26.3 Å². The Hall–Kier alpha value is -2.57. The fraction of sp³-hybridized carbons (Fsp3) is 0.438. The van der Waals surface area contributed by atoms with Crippen LogP contribution in [0.3, 0.4) is 0 Å². The summed E-state index contributed by atoms with van der Waals surface area (Å²) in [6.45, 7) is 5.25. The fourth-order valence-electron chi connectivity index (χ4n) is 1.87. The lowest BCUT2D eigenvalue weighted by Crippen LogP contribution is -2.54. The van der Waals surface area contributed by atoms with Gasteiger partial charge in [-0.05, 0) is 18.4 Å². The summed E-state index contributed by atoms with van der Waals surface area (Å²) in [5.41, 5.74) is 0.938. The molecule has 1 unspecified atom stereocenters. The predicted octanol–water partition coefficient (Wildman–Crippen LogP) is 1.10. The van der Waals surface area contributed by atoms with Crippen LogP contribution in [0, 0.1) is 5.92 Å². The van der Waals surface area contributed by atoms with E-state index in [0.29, 0.717) is 6.54 Å². The Bertz CT molecular complexity index is 546. The molecule has 2 atom stereocenters. The van der Waals surface area contributed by atoms with Crippen LogP contribution in [0.25, 0.3) is 0 Å². The summed E-state index contributed by atoms with van der Waals surface area (Å²) in [6.07, 6.45) is 0. The predicted molar refractivity (Wildman–Crippen MR) is 85.7 cm³/mol. The minimum absolute atomic E-state index is 0.182. The van der Waals surface area contributed by atoms with Crippen molar-refractivity contribution >= 4 is 17.9 Å². The Kier molecular flexibility index (Phi) is 7.05. The molecule has 7 nitrogen and oxygen atoms in total. The molecule has 0 aliphatic carbocycles. The first-order valence-electron chi connectivity index (χ1n) is 7.42. The minimum Gasteiger partial charge on any atom is -0.480 e. The van der Waals surface area contributed by atoms with Gasteiger partial charge in [0, 0.05) is 6.54 Å². The quantitative estimate of drug-likeness (QED) is 0.603. The molecule has 0 fully saturated rings. The molecular formula is C16H23N3O4. The highest BCUT2D eigenvalue weighted by Gasteiger charge is 2.26. The summed E-state index contributed by atoms with van der Waals surface area (Å²) in [5.74, 6) is -1.84. The molecule has 1 rings (SSSR count). The summed E-state index contributed by atoms with van der Waals surface area (Å²) in [7, 11) is 0. The molecule has 1 aromatic carbocycles. The molecule has 0 aromatic heterocycles. The number of nitrogens with one attached hydrogen (secondary N) is 3. The molecule has 7 heteroatoms. The normalized spacial score (nSPS) is 13.0. The van der Waals surface area contributed by atoms with Gasteiger partial charge >= 0.3 is 12.0 Å². The Balaban J connectivity index is 2.56. The monoisotopic (exact) mass is 321 g/mol. The van der Waals surface area contributed by atoms with Gasteiger partial charge in [-0.3, -0.25) is 9.59 Å². The Morgan fingerprint density at radius 3 is 2.17 bits per heavy atom. The van der Waals surface area contributed by atoms with Crippen LogP contribution in [0.2, 0.25) is 0 Å². The lowest BCUT2D eigenvalue weighted by Gasteiger charge is -2.23. The summed E-state index contributed by atoms with van der Waals surface area (Å²) in [4.78, 5) is 34.8. The third-order valence-electron chi connectivity index (χ3n) is 3.26. The van der Waals surface area contributed by atoms with Crippen molar-refractivity contribution in [3.63, 3.8) is 0 Å². The zero-order chi connectivity index (χ0) is 17.4. The lowest BCUT2D eigenvalue weighted by molar-refractivity contribution is -0.141. The van der Waals surface area contributed by atoms with Gasteiger partial charge in [-0.2, -0.15) is 0 Å². The molecule has 0 saturated heterocycles. The molecule has 0 heterocycles. The van der Waals surface area contributed by atoms with Crippen molar-refractivity contribution in [2.45, 2.75) is 39.4 Å².